The zero-order chi connectivity index (χ0) is 46.9. The summed E-state index contributed by atoms with van der Waals surface area (Å²) in [7, 11) is 2.09. The van der Waals surface area contributed by atoms with Gasteiger partial charge in [-0.25, -0.2) is 0 Å². The number of nitrogens with zero attached hydrogens (tertiary/aromatic N) is 1. The summed E-state index contributed by atoms with van der Waals surface area (Å²) in [5, 5.41) is 2.99. The third-order valence-corrected chi connectivity index (χ3v) is 11.9. The molecule has 0 saturated carbocycles. The summed E-state index contributed by atoms with van der Waals surface area (Å²) in [4.78, 5) is 38.7. The van der Waals surface area contributed by atoms with Gasteiger partial charge in [0.05, 0.1) is 72.7 Å². The zero-order valence-corrected chi connectivity index (χ0v) is 42.2. The number of likely N-dealkylation sites (tertiary alicyclic amines) is 1. The molecule has 384 valence electrons. The summed E-state index contributed by atoms with van der Waals surface area (Å²) in [5.41, 5.74) is 0. The summed E-state index contributed by atoms with van der Waals surface area (Å²) < 4.78 is 45.9. The summed E-state index contributed by atoms with van der Waals surface area (Å²) in [6, 6.07) is 0. The van der Waals surface area contributed by atoms with Crippen molar-refractivity contribution in [3.8, 4) is 0 Å². The highest BCUT2D eigenvalue weighted by Gasteiger charge is 2.22. The molecule has 1 aliphatic rings. The number of amides is 1. The van der Waals surface area contributed by atoms with Crippen LogP contribution in [0.1, 0.15) is 194 Å². The highest BCUT2D eigenvalue weighted by Crippen LogP contribution is 2.16. The first-order valence-electron chi connectivity index (χ1n) is 26.7. The number of carbonyl (C=O) groups excluding carboxylic acids is 3. The Labute approximate surface area is 397 Å². The van der Waals surface area contributed by atoms with Crippen LogP contribution in [0.15, 0.2) is 0 Å². The third kappa shape index (κ3) is 43.2. The molecule has 1 saturated heterocycles. The van der Waals surface area contributed by atoms with Crippen LogP contribution in [-0.4, -0.2) is 141 Å². The molecular formula is C52H100N2O11. The SMILES string of the molecule is CCCCCCCCCOC(=O)CCCCCCCOCC(COCCOCCOCCOCCNC(=O)C1CCN(C)CC1)OCCCCCCCC(=O)OCCCCCCCCC. The molecule has 0 spiro atoms. The van der Waals surface area contributed by atoms with Crippen molar-refractivity contribution in [1.82, 2.24) is 10.2 Å². The Hall–Kier alpha value is -1.87. The molecule has 1 fully saturated rings. The van der Waals surface area contributed by atoms with Gasteiger partial charge in [0.25, 0.3) is 0 Å². The molecule has 0 aromatic rings. The van der Waals surface area contributed by atoms with Crippen LogP contribution in [0.2, 0.25) is 0 Å². The number of rotatable bonds is 50. The molecule has 0 radical (unpaired) electrons. The minimum absolute atomic E-state index is 0.0603. The van der Waals surface area contributed by atoms with E-state index in [9.17, 15) is 14.4 Å². The maximum Gasteiger partial charge on any atom is 0.305 e. The molecule has 1 heterocycles. The van der Waals surface area contributed by atoms with Crippen molar-refractivity contribution in [2.24, 2.45) is 5.92 Å². The monoisotopic (exact) mass is 929 g/mol. The fourth-order valence-corrected chi connectivity index (χ4v) is 7.69. The second-order valence-electron chi connectivity index (χ2n) is 18.1. The molecule has 1 amide bonds. The summed E-state index contributed by atoms with van der Waals surface area (Å²) >= 11 is 0. The zero-order valence-electron chi connectivity index (χ0n) is 42.2. The molecule has 1 N–H and O–H groups in total. The molecule has 0 aromatic carbocycles. The fraction of sp³-hybridized carbons (Fsp3) is 0.942. The molecule has 1 aliphatic heterocycles. The quantitative estimate of drug-likeness (QED) is 0.0459. The first-order valence-corrected chi connectivity index (χ1v) is 26.7. The average Bonchev–Trinajstić information content (AvgIpc) is 3.30. The molecule has 0 aliphatic carbocycles. The smallest absolute Gasteiger partial charge is 0.305 e. The van der Waals surface area contributed by atoms with Gasteiger partial charge in [0.1, 0.15) is 6.10 Å². The minimum atomic E-state index is -0.154. The highest BCUT2D eigenvalue weighted by atomic mass is 16.6. The van der Waals surface area contributed by atoms with E-state index in [2.05, 4.69) is 31.1 Å². The maximum absolute atomic E-state index is 12.3. The molecule has 65 heavy (non-hydrogen) atoms. The molecule has 0 aromatic heterocycles. The summed E-state index contributed by atoms with van der Waals surface area (Å²) in [6.07, 6.45) is 29.8. The van der Waals surface area contributed by atoms with Crippen molar-refractivity contribution in [3.05, 3.63) is 0 Å². The number of esters is 2. The Morgan fingerprint density at radius 1 is 0.462 bits per heavy atom. The standard InChI is InChI=1S/C52H100N2O11/c1-4-6-8-10-12-19-26-37-64-50(55)28-22-16-14-18-24-35-61-46-49(63-36-25-21-15-17-23-29-51(56)65-38-27-20-13-11-9-7-5-2)47-62-45-44-60-43-42-59-41-40-58-39-32-53-52(57)48-30-33-54(3)34-31-48/h48-49H,4-47H2,1-3H3,(H,53,57). The molecule has 1 atom stereocenters. The molecule has 1 unspecified atom stereocenters. The van der Waals surface area contributed by atoms with Crippen LogP contribution in [0, 0.1) is 5.92 Å². The van der Waals surface area contributed by atoms with Crippen LogP contribution >= 0.6 is 0 Å². The predicted molar refractivity (Wildman–Crippen MR) is 260 cm³/mol. The van der Waals surface area contributed by atoms with Crippen molar-refractivity contribution in [1.29, 1.82) is 0 Å². The number of hydrogen-bond donors (Lipinski definition) is 1. The first-order chi connectivity index (χ1) is 32.0. The second kappa shape index (κ2) is 48.6. The van der Waals surface area contributed by atoms with Gasteiger partial charge in [-0.15, -0.1) is 0 Å². The van der Waals surface area contributed by atoms with Gasteiger partial charge in [0, 0.05) is 38.5 Å². The highest BCUT2D eigenvalue weighted by molar-refractivity contribution is 5.78. The van der Waals surface area contributed by atoms with Crippen LogP contribution < -0.4 is 5.32 Å². The lowest BCUT2D eigenvalue weighted by Crippen LogP contribution is -2.40. The Kier molecular flexibility index (Phi) is 45.7. The third-order valence-electron chi connectivity index (χ3n) is 11.9. The van der Waals surface area contributed by atoms with E-state index in [0.717, 1.165) is 116 Å². The van der Waals surface area contributed by atoms with Crippen molar-refractivity contribution < 1.29 is 52.3 Å². The Balaban J connectivity index is 2.15. The molecule has 13 heteroatoms. The molecule has 13 nitrogen and oxygen atoms in total. The normalized spacial score (nSPS) is 13.9. The number of hydrogen-bond acceptors (Lipinski definition) is 12. The van der Waals surface area contributed by atoms with Crippen molar-refractivity contribution >= 4 is 17.8 Å². The van der Waals surface area contributed by atoms with Crippen LogP contribution in [0.3, 0.4) is 0 Å². The number of unbranched alkanes of at least 4 members (excludes halogenated alkanes) is 20. The second-order valence-corrected chi connectivity index (χ2v) is 18.1. The number of nitrogens with one attached hydrogen (secondary N) is 1. The van der Waals surface area contributed by atoms with E-state index in [-0.39, 0.29) is 29.9 Å². The lowest BCUT2D eigenvalue weighted by molar-refractivity contribution is -0.144. The van der Waals surface area contributed by atoms with Crippen LogP contribution in [-0.2, 0) is 52.3 Å². The van der Waals surface area contributed by atoms with E-state index < -0.39 is 0 Å². The van der Waals surface area contributed by atoms with Gasteiger partial charge in [-0.2, -0.15) is 0 Å². The lowest BCUT2D eigenvalue weighted by Gasteiger charge is -2.28. The van der Waals surface area contributed by atoms with Crippen LogP contribution in [0.4, 0.5) is 0 Å². The number of ether oxygens (including phenoxy) is 8. The van der Waals surface area contributed by atoms with Gasteiger partial charge < -0.3 is 48.1 Å². The molecule has 1 rings (SSSR count). The van der Waals surface area contributed by atoms with Gasteiger partial charge in [-0.05, 0) is 71.5 Å². The average molecular weight is 929 g/mol. The molecular weight excluding hydrogens is 829 g/mol. The van der Waals surface area contributed by atoms with Gasteiger partial charge in [0.15, 0.2) is 0 Å². The predicted octanol–water partition coefficient (Wildman–Crippen LogP) is 10.2. The Bertz CT molecular complexity index is 1050. The number of piperidine rings is 1. The van der Waals surface area contributed by atoms with E-state index in [1.165, 1.54) is 64.2 Å². The van der Waals surface area contributed by atoms with Crippen molar-refractivity contribution in [2.45, 2.75) is 200 Å². The van der Waals surface area contributed by atoms with E-state index in [1.807, 2.05) is 0 Å². The molecule has 0 bridgehead atoms. The maximum atomic E-state index is 12.3. The van der Waals surface area contributed by atoms with Gasteiger partial charge in [0.2, 0.25) is 5.91 Å². The van der Waals surface area contributed by atoms with Crippen LogP contribution in [0.25, 0.3) is 0 Å². The van der Waals surface area contributed by atoms with Gasteiger partial charge in [-0.1, -0.05) is 129 Å². The van der Waals surface area contributed by atoms with E-state index in [1.54, 1.807) is 0 Å². The lowest BCUT2D eigenvalue weighted by atomic mass is 9.96. The van der Waals surface area contributed by atoms with E-state index in [4.69, 9.17) is 37.9 Å². The van der Waals surface area contributed by atoms with Crippen molar-refractivity contribution in [3.63, 3.8) is 0 Å². The Morgan fingerprint density at radius 3 is 1.34 bits per heavy atom. The van der Waals surface area contributed by atoms with E-state index in [0.29, 0.717) is 105 Å². The Morgan fingerprint density at radius 2 is 0.846 bits per heavy atom. The topological polar surface area (TPSA) is 140 Å². The van der Waals surface area contributed by atoms with Gasteiger partial charge >= 0.3 is 11.9 Å². The van der Waals surface area contributed by atoms with Gasteiger partial charge in [-0.3, -0.25) is 14.4 Å². The van der Waals surface area contributed by atoms with Crippen molar-refractivity contribution in [2.75, 3.05) is 113 Å². The fourth-order valence-electron chi connectivity index (χ4n) is 7.69. The number of carbonyl (C=O) groups is 3. The van der Waals surface area contributed by atoms with Crippen LogP contribution in [0.5, 0.6) is 0 Å². The summed E-state index contributed by atoms with van der Waals surface area (Å²) in [6.45, 7) is 13.6. The van der Waals surface area contributed by atoms with E-state index >= 15 is 0 Å². The summed E-state index contributed by atoms with van der Waals surface area (Å²) in [5.74, 6) is 0.132. The minimum Gasteiger partial charge on any atom is -0.466 e. The first kappa shape index (κ1) is 61.1. The largest absolute Gasteiger partial charge is 0.466 e.